The first-order chi connectivity index (χ1) is 8.72. The molecule has 0 unspecified atom stereocenters. The molecule has 1 aliphatic rings. The fourth-order valence-electron chi connectivity index (χ4n) is 2.38. The summed E-state index contributed by atoms with van der Waals surface area (Å²) in [5, 5.41) is 16.9. The van der Waals surface area contributed by atoms with Gasteiger partial charge >= 0.3 is 0 Å². The summed E-state index contributed by atoms with van der Waals surface area (Å²) < 4.78 is 0. The fourth-order valence-corrected chi connectivity index (χ4v) is 2.38. The second kappa shape index (κ2) is 6.05. The van der Waals surface area contributed by atoms with Crippen molar-refractivity contribution in [2.24, 2.45) is 0 Å². The minimum atomic E-state index is -0.521. The van der Waals surface area contributed by atoms with E-state index in [1.807, 2.05) is 12.3 Å². The van der Waals surface area contributed by atoms with Crippen LogP contribution in [0.3, 0.4) is 0 Å². The zero-order chi connectivity index (χ0) is 12.8. The molecule has 0 bridgehead atoms. The van der Waals surface area contributed by atoms with Crippen LogP contribution >= 0.6 is 0 Å². The van der Waals surface area contributed by atoms with Crippen molar-refractivity contribution in [1.29, 1.82) is 0 Å². The summed E-state index contributed by atoms with van der Waals surface area (Å²) >= 11 is 0. The van der Waals surface area contributed by atoms with Crippen LogP contribution in [-0.4, -0.2) is 28.8 Å². The average Bonchev–Trinajstić information content (AvgIpc) is 2.82. The molecule has 4 nitrogen and oxygen atoms in total. The molecular weight excluding hydrogens is 226 g/mol. The van der Waals surface area contributed by atoms with Crippen molar-refractivity contribution in [1.82, 2.24) is 4.98 Å². The topological polar surface area (TPSA) is 57.2 Å². The molecule has 0 radical (unpaired) electrons. The molecule has 1 fully saturated rings. The van der Waals surface area contributed by atoms with E-state index in [1.54, 1.807) is 6.20 Å². The van der Waals surface area contributed by atoms with E-state index in [9.17, 15) is 5.11 Å². The van der Waals surface area contributed by atoms with E-state index >= 15 is 0 Å². The first kappa shape index (κ1) is 13.1. The molecule has 0 atom stereocenters. The van der Waals surface area contributed by atoms with Crippen molar-refractivity contribution in [2.75, 3.05) is 23.7 Å². The van der Waals surface area contributed by atoms with E-state index in [4.69, 9.17) is 0 Å². The molecule has 1 aliphatic carbocycles. The number of aliphatic hydroxyl groups is 1. The van der Waals surface area contributed by atoms with Crippen molar-refractivity contribution in [2.45, 2.75) is 44.6 Å². The van der Waals surface area contributed by atoms with Crippen molar-refractivity contribution in [3.63, 3.8) is 0 Å². The zero-order valence-electron chi connectivity index (χ0n) is 11.1. The molecule has 4 heteroatoms. The molecule has 0 saturated heterocycles. The van der Waals surface area contributed by atoms with Crippen LogP contribution in [0.2, 0.25) is 0 Å². The minimum absolute atomic E-state index is 0.521. The molecular formula is C14H23N3O. The van der Waals surface area contributed by atoms with E-state index < -0.39 is 5.60 Å². The molecule has 1 aromatic heterocycles. The van der Waals surface area contributed by atoms with Gasteiger partial charge in [0.2, 0.25) is 0 Å². The van der Waals surface area contributed by atoms with Crippen LogP contribution in [0.4, 0.5) is 11.4 Å². The summed E-state index contributed by atoms with van der Waals surface area (Å²) in [5.41, 5.74) is 1.48. The number of hydrogen-bond donors (Lipinski definition) is 3. The molecule has 100 valence electrons. The Morgan fingerprint density at radius 1 is 1.22 bits per heavy atom. The lowest BCUT2D eigenvalue weighted by Gasteiger charge is -2.23. The Morgan fingerprint density at radius 2 is 1.89 bits per heavy atom. The number of anilines is 2. The third-order valence-electron chi connectivity index (χ3n) is 3.47. The van der Waals surface area contributed by atoms with Crippen molar-refractivity contribution in [3.8, 4) is 0 Å². The zero-order valence-corrected chi connectivity index (χ0v) is 11.1. The predicted molar refractivity (Wildman–Crippen MR) is 74.9 cm³/mol. The SMILES string of the molecule is CCCNc1cncc(NCC2(O)CCCC2)c1. The van der Waals surface area contributed by atoms with E-state index in [1.165, 1.54) is 0 Å². The number of nitrogens with one attached hydrogen (secondary N) is 2. The summed E-state index contributed by atoms with van der Waals surface area (Å²) in [6.45, 7) is 3.71. The van der Waals surface area contributed by atoms with Gasteiger partial charge < -0.3 is 15.7 Å². The fraction of sp³-hybridized carbons (Fsp3) is 0.643. The first-order valence-corrected chi connectivity index (χ1v) is 6.87. The summed E-state index contributed by atoms with van der Waals surface area (Å²) in [6, 6.07) is 2.04. The third kappa shape index (κ3) is 3.60. The normalized spacial score (nSPS) is 17.7. The minimum Gasteiger partial charge on any atom is -0.388 e. The van der Waals surface area contributed by atoms with E-state index in [0.717, 1.165) is 50.0 Å². The quantitative estimate of drug-likeness (QED) is 0.725. The lowest BCUT2D eigenvalue weighted by atomic mass is 10.0. The molecule has 1 heterocycles. The van der Waals surface area contributed by atoms with Crippen LogP contribution < -0.4 is 10.6 Å². The summed E-state index contributed by atoms with van der Waals surface area (Å²) in [4.78, 5) is 4.20. The number of pyridine rings is 1. The molecule has 0 aromatic carbocycles. The Hall–Kier alpha value is -1.29. The van der Waals surface area contributed by atoms with Gasteiger partial charge in [-0.05, 0) is 25.3 Å². The lowest BCUT2D eigenvalue weighted by molar-refractivity contribution is 0.0615. The standard InChI is InChI=1S/C14H23N3O/c1-2-7-16-12-8-13(10-15-9-12)17-11-14(18)5-3-4-6-14/h8-10,16-18H,2-7,11H2,1H3. The van der Waals surface area contributed by atoms with Crippen LogP contribution in [0.15, 0.2) is 18.5 Å². The molecule has 18 heavy (non-hydrogen) atoms. The summed E-state index contributed by atoms with van der Waals surface area (Å²) in [5.74, 6) is 0. The number of aromatic nitrogens is 1. The highest BCUT2D eigenvalue weighted by Gasteiger charge is 2.30. The largest absolute Gasteiger partial charge is 0.388 e. The lowest BCUT2D eigenvalue weighted by Crippen LogP contribution is -2.33. The average molecular weight is 249 g/mol. The smallest absolute Gasteiger partial charge is 0.0819 e. The van der Waals surface area contributed by atoms with Crippen molar-refractivity contribution in [3.05, 3.63) is 18.5 Å². The number of hydrogen-bond acceptors (Lipinski definition) is 4. The van der Waals surface area contributed by atoms with E-state index in [0.29, 0.717) is 6.54 Å². The van der Waals surface area contributed by atoms with Gasteiger partial charge in [0, 0.05) is 13.1 Å². The van der Waals surface area contributed by atoms with Crippen LogP contribution in [0.1, 0.15) is 39.0 Å². The van der Waals surface area contributed by atoms with Crippen LogP contribution in [0.25, 0.3) is 0 Å². The van der Waals surface area contributed by atoms with Gasteiger partial charge in [-0.1, -0.05) is 19.8 Å². The van der Waals surface area contributed by atoms with Gasteiger partial charge in [0.25, 0.3) is 0 Å². The molecule has 3 N–H and O–H groups in total. The van der Waals surface area contributed by atoms with Gasteiger partial charge in [-0.25, -0.2) is 0 Å². The maximum atomic E-state index is 10.3. The maximum absolute atomic E-state index is 10.3. The van der Waals surface area contributed by atoms with Crippen molar-refractivity contribution >= 4 is 11.4 Å². The molecule has 0 amide bonds. The Balaban J connectivity index is 1.88. The van der Waals surface area contributed by atoms with Gasteiger partial charge in [0.1, 0.15) is 0 Å². The Labute approximate surface area is 109 Å². The monoisotopic (exact) mass is 249 g/mol. The van der Waals surface area contributed by atoms with Crippen LogP contribution in [0, 0.1) is 0 Å². The molecule has 2 rings (SSSR count). The second-order valence-electron chi connectivity index (χ2n) is 5.17. The van der Waals surface area contributed by atoms with Crippen molar-refractivity contribution < 1.29 is 5.11 Å². The third-order valence-corrected chi connectivity index (χ3v) is 3.47. The highest BCUT2D eigenvalue weighted by molar-refractivity contribution is 5.54. The van der Waals surface area contributed by atoms with Gasteiger partial charge in [0.05, 0.1) is 29.4 Å². The number of rotatable bonds is 6. The first-order valence-electron chi connectivity index (χ1n) is 6.87. The van der Waals surface area contributed by atoms with Gasteiger partial charge in [0.15, 0.2) is 0 Å². The van der Waals surface area contributed by atoms with Crippen LogP contribution in [0.5, 0.6) is 0 Å². The Bertz CT molecular complexity index is 375. The predicted octanol–water partition coefficient (Wildman–Crippen LogP) is 2.62. The summed E-state index contributed by atoms with van der Waals surface area (Å²) in [6.07, 6.45) is 8.80. The molecule has 0 spiro atoms. The number of nitrogens with zero attached hydrogens (tertiary/aromatic N) is 1. The molecule has 0 aliphatic heterocycles. The Kier molecular flexibility index (Phi) is 4.42. The Morgan fingerprint density at radius 3 is 2.56 bits per heavy atom. The highest BCUT2D eigenvalue weighted by atomic mass is 16.3. The molecule has 1 aromatic rings. The summed E-state index contributed by atoms with van der Waals surface area (Å²) in [7, 11) is 0. The van der Waals surface area contributed by atoms with Gasteiger partial charge in [-0.15, -0.1) is 0 Å². The van der Waals surface area contributed by atoms with Gasteiger partial charge in [-0.3, -0.25) is 4.98 Å². The highest BCUT2D eigenvalue weighted by Crippen LogP contribution is 2.29. The van der Waals surface area contributed by atoms with E-state index in [-0.39, 0.29) is 0 Å². The molecule has 1 saturated carbocycles. The van der Waals surface area contributed by atoms with Crippen LogP contribution in [-0.2, 0) is 0 Å². The van der Waals surface area contributed by atoms with E-state index in [2.05, 4.69) is 22.5 Å². The maximum Gasteiger partial charge on any atom is 0.0819 e. The van der Waals surface area contributed by atoms with Gasteiger partial charge in [-0.2, -0.15) is 0 Å². The second-order valence-corrected chi connectivity index (χ2v) is 5.17.